The number of ether oxygens (including phenoxy) is 1. The molecule has 1 atom stereocenters. The van der Waals surface area contributed by atoms with Crippen LogP contribution in [-0.4, -0.2) is 6.61 Å². The Bertz CT molecular complexity index is 793. The second-order valence-corrected chi connectivity index (χ2v) is 5.67. The Labute approximate surface area is 127 Å². The van der Waals surface area contributed by atoms with Gasteiger partial charge in [-0.1, -0.05) is 42.5 Å². The van der Waals surface area contributed by atoms with Gasteiger partial charge in [0, 0.05) is 27.6 Å². The smallest absolute Gasteiger partial charge is 0.194 e. The molecule has 0 aliphatic rings. The Morgan fingerprint density at radius 1 is 1.05 bits per heavy atom. The first-order valence-electron chi connectivity index (χ1n) is 6.98. The first-order valence-corrected chi connectivity index (χ1v) is 7.86. The Hall–Kier alpha value is -1.97. The van der Waals surface area contributed by atoms with Crippen LogP contribution in [0.5, 0.6) is 0 Å². The summed E-state index contributed by atoms with van der Waals surface area (Å²) >= 11 is 1.59. The van der Waals surface area contributed by atoms with Gasteiger partial charge in [-0.05, 0) is 24.6 Å². The summed E-state index contributed by atoms with van der Waals surface area (Å²) in [5.74, 6) is 0. The fourth-order valence-corrected chi connectivity index (χ4v) is 3.36. The van der Waals surface area contributed by atoms with E-state index in [9.17, 15) is 4.79 Å². The molecule has 1 heterocycles. The van der Waals surface area contributed by atoms with Gasteiger partial charge in [-0.25, -0.2) is 0 Å². The summed E-state index contributed by atoms with van der Waals surface area (Å²) in [7, 11) is 0. The van der Waals surface area contributed by atoms with Crippen molar-refractivity contribution in [2.24, 2.45) is 0 Å². The molecule has 0 bridgehead atoms. The summed E-state index contributed by atoms with van der Waals surface area (Å²) in [6.07, 6.45) is -0.301. The van der Waals surface area contributed by atoms with Crippen molar-refractivity contribution < 1.29 is 4.74 Å². The Balaban J connectivity index is 2.16. The molecule has 2 nitrogen and oxygen atoms in total. The zero-order valence-corrected chi connectivity index (χ0v) is 12.6. The highest BCUT2D eigenvalue weighted by molar-refractivity contribution is 7.16. The lowest BCUT2D eigenvalue weighted by Gasteiger charge is -2.17. The maximum atomic E-state index is 12.7. The molecule has 3 aromatic rings. The van der Waals surface area contributed by atoms with Gasteiger partial charge in [-0.3, -0.25) is 4.79 Å². The van der Waals surface area contributed by atoms with Crippen LogP contribution in [0.4, 0.5) is 0 Å². The van der Waals surface area contributed by atoms with E-state index in [0.717, 1.165) is 15.6 Å². The summed E-state index contributed by atoms with van der Waals surface area (Å²) in [6, 6.07) is 17.6. The number of benzene rings is 2. The topological polar surface area (TPSA) is 26.3 Å². The lowest BCUT2D eigenvalue weighted by atomic mass is 10.0. The highest BCUT2D eigenvalue weighted by atomic mass is 32.1. The average Bonchev–Trinajstić information content (AvgIpc) is 2.55. The summed E-state index contributed by atoms with van der Waals surface area (Å²) < 4.78 is 6.86. The zero-order valence-electron chi connectivity index (χ0n) is 11.8. The van der Waals surface area contributed by atoms with Crippen LogP contribution in [-0.2, 0) is 4.74 Å². The zero-order chi connectivity index (χ0) is 14.7. The van der Waals surface area contributed by atoms with Crippen LogP contribution >= 0.6 is 11.3 Å². The fraction of sp³-hybridized carbons (Fsp3) is 0.167. The van der Waals surface area contributed by atoms with Gasteiger partial charge in [0.1, 0.15) is 6.10 Å². The number of hydrogen-bond donors (Lipinski definition) is 0. The molecular weight excluding hydrogens is 280 g/mol. The highest BCUT2D eigenvalue weighted by Gasteiger charge is 2.18. The lowest BCUT2D eigenvalue weighted by Crippen LogP contribution is -2.16. The van der Waals surface area contributed by atoms with E-state index >= 15 is 0 Å². The van der Waals surface area contributed by atoms with Crippen molar-refractivity contribution in [3.05, 3.63) is 81.3 Å². The van der Waals surface area contributed by atoms with E-state index in [-0.39, 0.29) is 11.5 Å². The molecule has 1 aromatic heterocycles. The van der Waals surface area contributed by atoms with Crippen molar-refractivity contribution in [3.8, 4) is 0 Å². The van der Waals surface area contributed by atoms with Gasteiger partial charge in [-0.2, -0.15) is 0 Å². The molecule has 0 aliphatic heterocycles. The van der Waals surface area contributed by atoms with E-state index in [0.29, 0.717) is 12.2 Å². The van der Waals surface area contributed by atoms with Gasteiger partial charge in [0.05, 0.1) is 0 Å². The molecule has 0 radical (unpaired) electrons. The Morgan fingerprint density at radius 2 is 1.76 bits per heavy atom. The molecule has 1 unspecified atom stereocenters. The molecule has 0 saturated heterocycles. The van der Waals surface area contributed by atoms with Crippen LogP contribution in [0.15, 0.2) is 64.8 Å². The SMILES string of the molecule is CCOC(c1ccccc1)c1csc2ccccc2c1=O. The number of hydrogen-bond acceptors (Lipinski definition) is 3. The molecule has 0 aliphatic carbocycles. The molecule has 106 valence electrons. The van der Waals surface area contributed by atoms with E-state index in [1.807, 2.05) is 66.9 Å². The van der Waals surface area contributed by atoms with Crippen molar-refractivity contribution in [3.63, 3.8) is 0 Å². The van der Waals surface area contributed by atoms with Crippen molar-refractivity contribution >= 4 is 21.4 Å². The molecular formula is C18H16O2S. The lowest BCUT2D eigenvalue weighted by molar-refractivity contribution is 0.0910. The van der Waals surface area contributed by atoms with E-state index in [1.165, 1.54) is 0 Å². The molecule has 0 amide bonds. The Morgan fingerprint density at radius 3 is 2.52 bits per heavy atom. The predicted molar refractivity (Wildman–Crippen MR) is 88.0 cm³/mol. The van der Waals surface area contributed by atoms with Gasteiger partial charge in [0.2, 0.25) is 0 Å². The van der Waals surface area contributed by atoms with Crippen molar-refractivity contribution in [1.82, 2.24) is 0 Å². The third kappa shape index (κ3) is 2.75. The van der Waals surface area contributed by atoms with E-state index < -0.39 is 0 Å². The monoisotopic (exact) mass is 296 g/mol. The van der Waals surface area contributed by atoms with E-state index in [4.69, 9.17) is 4.74 Å². The minimum atomic E-state index is -0.301. The third-order valence-electron chi connectivity index (χ3n) is 3.42. The van der Waals surface area contributed by atoms with Gasteiger partial charge < -0.3 is 4.74 Å². The van der Waals surface area contributed by atoms with Crippen LogP contribution in [0.3, 0.4) is 0 Å². The second kappa shape index (κ2) is 6.20. The van der Waals surface area contributed by atoms with Gasteiger partial charge in [0.15, 0.2) is 5.43 Å². The minimum absolute atomic E-state index is 0.0617. The highest BCUT2D eigenvalue weighted by Crippen LogP contribution is 2.27. The summed E-state index contributed by atoms with van der Waals surface area (Å²) in [5, 5.41) is 2.69. The van der Waals surface area contributed by atoms with Crippen LogP contribution < -0.4 is 5.43 Å². The molecule has 3 rings (SSSR count). The molecule has 0 fully saturated rings. The third-order valence-corrected chi connectivity index (χ3v) is 4.41. The van der Waals surface area contributed by atoms with Gasteiger partial charge >= 0.3 is 0 Å². The van der Waals surface area contributed by atoms with Crippen molar-refractivity contribution in [2.75, 3.05) is 6.61 Å². The fourth-order valence-electron chi connectivity index (χ4n) is 2.43. The first kappa shape index (κ1) is 14.0. The molecule has 21 heavy (non-hydrogen) atoms. The maximum Gasteiger partial charge on any atom is 0.194 e. The number of rotatable bonds is 4. The van der Waals surface area contributed by atoms with Crippen LogP contribution in [0.25, 0.3) is 10.1 Å². The normalized spacial score (nSPS) is 12.4. The van der Waals surface area contributed by atoms with Gasteiger partial charge in [-0.15, -0.1) is 11.3 Å². The summed E-state index contributed by atoms with van der Waals surface area (Å²) in [6.45, 7) is 2.52. The average molecular weight is 296 g/mol. The predicted octanol–water partition coefficient (Wildman–Crippen LogP) is 4.39. The standard InChI is InChI=1S/C18H16O2S/c1-2-20-18(13-8-4-3-5-9-13)15-12-21-16-11-7-6-10-14(16)17(15)19/h3-12,18H,2H2,1H3. The van der Waals surface area contributed by atoms with E-state index in [1.54, 1.807) is 11.3 Å². The maximum absolute atomic E-state index is 12.7. The number of fused-ring (bicyclic) bond motifs is 1. The van der Waals surface area contributed by atoms with Crippen molar-refractivity contribution in [2.45, 2.75) is 13.0 Å². The molecule has 0 N–H and O–H groups in total. The first-order chi connectivity index (χ1) is 10.3. The quantitative estimate of drug-likeness (QED) is 0.714. The Kier molecular flexibility index (Phi) is 4.13. The second-order valence-electron chi connectivity index (χ2n) is 4.76. The van der Waals surface area contributed by atoms with Crippen LogP contribution in [0.2, 0.25) is 0 Å². The van der Waals surface area contributed by atoms with E-state index in [2.05, 4.69) is 0 Å². The minimum Gasteiger partial charge on any atom is -0.369 e. The summed E-state index contributed by atoms with van der Waals surface area (Å²) in [5.41, 5.74) is 1.79. The molecule has 3 heteroatoms. The van der Waals surface area contributed by atoms with Crippen molar-refractivity contribution in [1.29, 1.82) is 0 Å². The van der Waals surface area contributed by atoms with Crippen LogP contribution in [0.1, 0.15) is 24.2 Å². The summed E-state index contributed by atoms with van der Waals surface area (Å²) in [4.78, 5) is 12.7. The van der Waals surface area contributed by atoms with Crippen LogP contribution in [0, 0.1) is 0 Å². The molecule has 0 saturated carbocycles. The molecule has 2 aromatic carbocycles. The molecule has 0 spiro atoms. The van der Waals surface area contributed by atoms with Gasteiger partial charge in [0.25, 0.3) is 0 Å². The largest absolute Gasteiger partial charge is 0.369 e.